The molecule has 0 bridgehead atoms. The van der Waals surface area contributed by atoms with E-state index in [-0.39, 0.29) is 29.3 Å². The molecular weight excluding hydrogens is 425 g/mol. The van der Waals surface area contributed by atoms with Gasteiger partial charge in [0.25, 0.3) is 0 Å². The summed E-state index contributed by atoms with van der Waals surface area (Å²) in [7, 11) is 0. The Balaban J connectivity index is 1.51. The minimum Gasteiger partial charge on any atom is -0.494 e. The molecule has 2 nitrogen and oxygen atoms in total. The molecule has 0 aromatic heterocycles. The molecule has 1 aromatic carbocycles. The van der Waals surface area contributed by atoms with Gasteiger partial charge in [-0.25, -0.2) is 13.2 Å². The largest absolute Gasteiger partial charge is 0.494 e. The van der Waals surface area contributed by atoms with Crippen molar-refractivity contribution in [1.29, 1.82) is 0 Å². The van der Waals surface area contributed by atoms with Crippen molar-refractivity contribution in [2.24, 2.45) is 11.8 Å². The molecule has 0 saturated heterocycles. The van der Waals surface area contributed by atoms with Crippen LogP contribution in [0.4, 0.5) is 13.2 Å². The van der Waals surface area contributed by atoms with E-state index in [0.717, 1.165) is 51.4 Å². The van der Waals surface area contributed by atoms with Gasteiger partial charge in [0.1, 0.15) is 11.5 Å². The summed E-state index contributed by atoms with van der Waals surface area (Å²) >= 11 is 0. The van der Waals surface area contributed by atoms with E-state index in [9.17, 15) is 8.78 Å². The fraction of sp³-hybridized carbons (Fsp3) is 0.571. The Morgan fingerprint density at radius 1 is 0.909 bits per heavy atom. The molecule has 0 atom stereocenters. The lowest BCUT2D eigenvalue weighted by Crippen LogP contribution is -2.19. The first-order valence-electron chi connectivity index (χ1n) is 12.3. The van der Waals surface area contributed by atoms with Crippen molar-refractivity contribution in [2.75, 3.05) is 13.2 Å². The van der Waals surface area contributed by atoms with Crippen LogP contribution in [0, 0.1) is 23.5 Å². The van der Waals surface area contributed by atoms with E-state index < -0.39 is 17.5 Å². The molecule has 0 amide bonds. The molecule has 3 rings (SSSR count). The zero-order chi connectivity index (χ0) is 24.0. The van der Waals surface area contributed by atoms with Gasteiger partial charge < -0.3 is 9.47 Å². The minimum atomic E-state index is -0.658. The second-order valence-corrected chi connectivity index (χ2v) is 9.67. The van der Waals surface area contributed by atoms with Crippen molar-refractivity contribution >= 4 is 0 Å². The summed E-state index contributed by atoms with van der Waals surface area (Å²) in [6.45, 7) is 12.0. The third-order valence-corrected chi connectivity index (χ3v) is 7.26. The Bertz CT molecular complexity index is 860. The average molecular weight is 463 g/mol. The van der Waals surface area contributed by atoms with Crippen LogP contribution in [0.25, 0.3) is 0 Å². The number of allylic oxidation sites excluding steroid dienone is 2. The van der Waals surface area contributed by atoms with E-state index in [1.54, 1.807) is 6.92 Å². The molecule has 2 aliphatic rings. The van der Waals surface area contributed by atoms with E-state index in [4.69, 9.17) is 9.47 Å². The molecule has 0 aliphatic heterocycles. The highest BCUT2D eigenvalue weighted by molar-refractivity contribution is 5.32. The van der Waals surface area contributed by atoms with Crippen LogP contribution in [0.5, 0.6) is 0 Å². The smallest absolute Gasteiger partial charge is 0.168 e. The van der Waals surface area contributed by atoms with Gasteiger partial charge in [-0.1, -0.05) is 45.1 Å². The first-order chi connectivity index (χ1) is 15.8. The first kappa shape index (κ1) is 25.5. The molecular formula is C28H37F3O2. The van der Waals surface area contributed by atoms with Crippen LogP contribution in [0.2, 0.25) is 0 Å². The average Bonchev–Trinajstić information content (AvgIpc) is 2.81. The first-order valence-corrected chi connectivity index (χ1v) is 12.3. The summed E-state index contributed by atoms with van der Waals surface area (Å²) < 4.78 is 54.5. The molecule has 0 heterocycles. The molecule has 2 saturated carbocycles. The molecule has 0 spiro atoms. The normalized spacial score (nSPS) is 26.0. The number of hydrogen-bond donors (Lipinski definition) is 0. The fourth-order valence-electron chi connectivity index (χ4n) is 5.15. The number of hydrogen-bond acceptors (Lipinski definition) is 2. The van der Waals surface area contributed by atoms with Gasteiger partial charge in [-0.05, 0) is 80.2 Å². The van der Waals surface area contributed by atoms with Crippen molar-refractivity contribution in [1.82, 2.24) is 0 Å². The summed E-state index contributed by atoms with van der Waals surface area (Å²) in [6, 6.07) is 3.64. The molecule has 33 heavy (non-hydrogen) atoms. The minimum absolute atomic E-state index is 0.0197. The molecule has 0 radical (unpaired) electrons. The topological polar surface area (TPSA) is 18.5 Å². The maximum Gasteiger partial charge on any atom is 0.168 e. The lowest BCUT2D eigenvalue weighted by atomic mass is 9.76. The maximum absolute atomic E-state index is 15.0. The molecule has 0 unspecified atom stereocenters. The Morgan fingerprint density at radius 2 is 1.42 bits per heavy atom. The zero-order valence-electron chi connectivity index (χ0n) is 20.0. The number of rotatable bonds is 9. The van der Waals surface area contributed by atoms with E-state index in [0.29, 0.717) is 30.3 Å². The van der Waals surface area contributed by atoms with Crippen molar-refractivity contribution < 1.29 is 22.6 Å². The van der Waals surface area contributed by atoms with Crippen molar-refractivity contribution in [3.63, 3.8) is 0 Å². The number of ether oxygens (including phenoxy) is 2. The van der Waals surface area contributed by atoms with Crippen LogP contribution in [0.3, 0.4) is 0 Å². The Labute approximate surface area is 196 Å². The second kappa shape index (κ2) is 11.8. The second-order valence-electron chi connectivity index (χ2n) is 9.67. The highest BCUT2D eigenvalue weighted by Crippen LogP contribution is 2.41. The van der Waals surface area contributed by atoms with Crippen LogP contribution in [0.1, 0.15) is 88.2 Å². The summed E-state index contributed by atoms with van der Waals surface area (Å²) in [5, 5.41) is 0. The third-order valence-electron chi connectivity index (χ3n) is 7.26. The number of halogens is 3. The molecule has 2 fully saturated rings. The third kappa shape index (κ3) is 6.68. The van der Waals surface area contributed by atoms with E-state index >= 15 is 4.39 Å². The summed E-state index contributed by atoms with van der Waals surface area (Å²) in [5.41, 5.74) is 1.06. The highest BCUT2D eigenvalue weighted by Gasteiger charge is 2.29. The predicted molar refractivity (Wildman–Crippen MR) is 126 cm³/mol. The van der Waals surface area contributed by atoms with Crippen LogP contribution in [0.15, 0.2) is 48.7 Å². The van der Waals surface area contributed by atoms with Gasteiger partial charge >= 0.3 is 0 Å². The quantitative estimate of drug-likeness (QED) is 0.271. The predicted octanol–water partition coefficient (Wildman–Crippen LogP) is 8.47. The Morgan fingerprint density at radius 3 is 1.94 bits per heavy atom. The standard InChI is InChI=1S/C28H37F3O2/c1-5-32-20(4)26(29)16-19(3)33-17-21-8-12-23(13-9-21)25-15-14-24(27(30)28(25)31)22-10-6-18(2)7-11-22/h14-16,18,21-23H,3-13,17H2,1-2H3/b26-16+. The lowest BCUT2D eigenvalue weighted by Gasteiger charge is -2.30. The van der Waals surface area contributed by atoms with E-state index in [2.05, 4.69) is 20.1 Å². The molecule has 0 N–H and O–H groups in total. The van der Waals surface area contributed by atoms with Gasteiger partial charge in [0.15, 0.2) is 17.5 Å². The summed E-state index contributed by atoms with van der Waals surface area (Å²) in [5.74, 6) is -0.617. The van der Waals surface area contributed by atoms with Gasteiger partial charge in [-0.15, -0.1) is 0 Å². The number of benzene rings is 1. The Hall–Kier alpha value is -2.17. The van der Waals surface area contributed by atoms with Crippen LogP contribution >= 0.6 is 0 Å². The molecule has 1 aromatic rings. The van der Waals surface area contributed by atoms with Crippen LogP contribution < -0.4 is 0 Å². The van der Waals surface area contributed by atoms with Gasteiger partial charge in [-0.3, -0.25) is 0 Å². The van der Waals surface area contributed by atoms with Gasteiger partial charge in [-0.2, -0.15) is 0 Å². The summed E-state index contributed by atoms with van der Waals surface area (Å²) in [4.78, 5) is 0. The van der Waals surface area contributed by atoms with Gasteiger partial charge in [0.2, 0.25) is 0 Å². The Kier molecular flexibility index (Phi) is 9.10. The summed E-state index contributed by atoms with van der Waals surface area (Å²) in [6.07, 6.45) is 8.46. The van der Waals surface area contributed by atoms with Crippen molar-refractivity contribution in [2.45, 2.75) is 77.0 Å². The van der Waals surface area contributed by atoms with Crippen molar-refractivity contribution in [3.8, 4) is 0 Å². The monoisotopic (exact) mass is 462 g/mol. The highest BCUT2D eigenvalue weighted by atomic mass is 19.2. The van der Waals surface area contributed by atoms with Crippen molar-refractivity contribution in [3.05, 3.63) is 71.5 Å². The van der Waals surface area contributed by atoms with Gasteiger partial charge in [0, 0.05) is 6.08 Å². The van der Waals surface area contributed by atoms with E-state index in [1.807, 2.05) is 12.1 Å². The SMILES string of the molecule is C=C(/C=C(/F)C(=C)OCC)OCC1CCC(c2ccc(C3CCC(C)CC3)c(F)c2F)CC1. The van der Waals surface area contributed by atoms with Crippen LogP contribution in [-0.2, 0) is 9.47 Å². The molecule has 5 heteroatoms. The van der Waals surface area contributed by atoms with Crippen LogP contribution in [-0.4, -0.2) is 13.2 Å². The lowest BCUT2D eigenvalue weighted by molar-refractivity contribution is 0.144. The molecule has 182 valence electrons. The van der Waals surface area contributed by atoms with Gasteiger partial charge in [0.05, 0.1) is 13.2 Å². The van der Waals surface area contributed by atoms with E-state index in [1.165, 1.54) is 6.08 Å². The molecule has 2 aliphatic carbocycles. The zero-order valence-corrected chi connectivity index (χ0v) is 20.0. The fourth-order valence-corrected chi connectivity index (χ4v) is 5.15. The maximum atomic E-state index is 15.0.